The quantitative estimate of drug-likeness (QED) is 0.477. The van der Waals surface area contributed by atoms with Crippen molar-refractivity contribution in [2.24, 2.45) is 0 Å². The minimum atomic E-state index is -5.10. The second-order valence-electron chi connectivity index (χ2n) is 3.13. The van der Waals surface area contributed by atoms with E-state index in [4.69, 9.17) is 23.2 Å². The lowest BCUT2D eigenvalue weighted by molar-refractivity contribution is -0.276. The summed E-state index contributed by atoms with van der Waals surface area (Å²) in [6.45, 7) is 0. The van der Waals surface area contributed by atoms with Gasteiger partial charge in [0.2, 0.25) is 5.88 Å². The number of carbonyl (C=O) groups is 1. The monoisotopic (exact) mass is 323 g/mol. The van der Waals surface area contributed by atoms with Crippen molar-refractivity contribution in [1.82, 2.24) is 4.98 Å². The SMILES string of the molecule is O=C(Cl)c1c(C(F)F)cnc(OC(F)(F)F)c1CCl. The van der Waals surface area contributed by atoms with E-state index in [1.165, 1.54) is 0 Å². The van der Waals surface area contributed by atoms with Crippen molar-refractivity contribution in [1.29, 1.82) is 0 Å². The molecule has 10 heteroatoms. The van der Waals surface area contributed by atoms with Gasteiger partial charge in [-0.15, -0.1) is 24.8 Å². The summed E-state index contributed by atoms with van der Waals surface area (Å²) in [5.41, 5.74) is -2.39. The van der Waals surface area contributed by atoms with Crippen molar-refractivity contribution in [3.05, 3.63) is 22.9 Å². The minimum absolute atomic E-state index is 0.386. The van der Waals surface area contributed by atoms with E-state index in [0.717, 1.165) is 0 Å². The predicted octanol–water partition coefficient (Wildman–Crippen LogP) is 4.04. The predicted molar refractivity (Wildman–Crippen MR) is 55.6 cm³/mol. The number of halogens is 7. The van der Waals surface area contributed by atoms with Crippen LogP contribution in [0.2, 0.25) is 0 Å². The Hall–Kier alpha value is -1.15. The Labute approximate surface area is 113 Å². The van der Waals surface area contributed by atoms with E-state index in [9.17, 15) is 26.7 Å². The van der Waals surface area contributed by atoms with E-state index in [2.05, 4.69) is 9.72 Å². The zero-order valence-corrected chi connectivity index (χ0v) is 10.3. The van der Waals surface area contributed by atoms with Crippen LogP contribution < -0.4 is 4.74 Å². The van der Waals surface area contributed by atoms with Gasteiger partial charge in [0, 0.05) is 17.3 Å². The van der Waals surface area contributed by atoms with Crippen molar-refractivity contribution in [2.75, 3.05) is 0 Å². The largest absolute Gasteiger partial charge is 0.574 e. The van der Waals surface area contributed by atoms with Crippen LogP contribution in [0.4, 0.5) is 22.0 Å². The maximum atomic E-state index is 12.6. The summed E-state index contributed by atoms with van der Waals surface area (Å²) in [6.07, 6.45) is -7.86. The molecule has 0 bridgehead atoms. The van der Waals surface area contributed by atoms with Gasteiger partial charge in [-0.3, -0.25) is 4.79 Å². The van der Waals surface area contributed by atoms with E-state index in [1.54, 1.807) is 0 Å². The molecule has 1 heterocycles. The Morgan fingerprint density at radius 3 is 2.37 bits per heavy atom. The van der Waals surface area contributed by atoms with Crippen LogP contribution in [0.1, 0.15) is 27.9 Å². The summed E-state index contributed by atoms with van der Waals surface area (Å²) in [6, 6.07) is 0. The molecule has 1 aromatic heterocycles. The number of pyridine rings is 1. The first-order chi connectivity index (χ1) is 8.67. The second kappa shape index (κ2) is 5.87. The van der Waals surface area contributed by atoms with Crippen molar-refractivity contribution in [2.45, 2.75) is 18.7 Å². The zero-order chi connectivity index (χ0) is 14.8. The normalized spacial score (nSPS) is 11.8. The van der Waals surface area contributed by atoms with Crippen LogP contribution in [0.3, 0.4) is 0 Å². The highest BCUT2D eigenvalue weighted by molar-refractivity contribution is 6.68. The highest BCUT2D eigenvalue weighted by Crippen LogP contribution is 2.34. The van der Waals surface area contributed by atoms with Gasteiger partial charge in [0.1, 0.15) is 0 Å². The third-order valence-electron chi connectivity index (χ3n) is 1.95. The number of alkyl halides is 6. The van der Waals surface area contributed by atoms with Crippen LogP contribution >= 0.6 is 23.2 Å². The molecule has 0 amide bonds. The van der Waals surface area contributed by atoms with Gasteiger partial charge < -0.3 is 4.74 Å². The van der Waals surface area contributed by atoms with Crippen LogP contribution in [0.5, 0.6) is 5.88 Å². The topological polar surface area (TPSA) is 39.2 Å². The van der Waals surface area contributed by atoms with Crippen LogP contribution in [0.15, 0.2) is 6.20 Å². The molecule has 0 N–H and O–H groups in total. The summed E-state index contributed by atoms with van der Waals surface area (Å²) in [7, 11) is 0. The molecule has 1 aromatic rings. The first kappa shape index (κ1) is 15.9. The number of nitrogens with zero attached hydrogens (tertiary/aromatic N) is 1. The van der Waals surface area contributed by atoms with E-state index < -0.39 is 46.5 Å². The second-order valence-corrected chi connectivity index (χ2v) is 3.74. The van der Waals surface area contributed by atoms with Gasteiger partial charge in [-0.1, -0.05) is 0 Å². The lowest BCUT2D eigenvalue weighted by atomic mass is 10.1. The lowest BCUT2D eigenvalue weighted by Gasteiger charge is -2.15. The molecule has 3 nitrogen and oxygen atoms in total. The van der Waals surface area contributed by atoms with Crippen molar-refractivity contribution >= 4 is 28.4 Å². The summed E-state index contributed by atoms with van der Waals surface area (Å²) in [5, 5.41) is -1.37. The minimum Gasteiger partial charge on any atom is -0.388 e. The van der Waals surface area contributed by atoms with E-state index in [1.807, 2.05) is 0 Å². The Kier molecular flexibility index (Phi) is 4.92. The Balaban J connectivity index is 3.45. The molecule has 0 aliphatic heterocycles. The molecule has 0 saturated heterocycles. The number of aromatic nitrogens is 1. The number of ether oxygens (including phenoxy) is 1. The summed E-state index contributed by atoms with van der Waals surface area (Å²) in [5.74, 6) is -1.79. The van der Waals surface area contributed by atoms with Gasteiger partial charge in [0.15, 0.2) is 0 Å². The van der Waals surface area contributed by atoms with Crippen LogP contribution in [-0.2, 0) is 5.88 Å². The molecule has 0 aliphatic carbocycles. The summed E-state index contributed by atoms with van der Waals surface area (Å²) < 4.78 is 65.0. The molecule has 0 saturated carbocycles. The fraction of sp³-hybridized carbons (Fsp3) is 0.333. The Morgan fingerprint density at radius 2 is 2.00 bits per heavy atom. The molecule has 0 spiro atoms. The molecule has 1 rings (SSSR count). The molecule has 106 valence electrons. The van der Waals surface area contributed by atoms with Gasteiger partial charge in [0.25, 0.3) is 11.7 Å². The number of rotatable bonds is 4. The third-order valence-corrected chi connectivity index (χ3v) is 2.40. The van der Waals surface area contributed by atoms with Crippen LogP contribution in [-0.4, -0.2) is 16.6 Å². The third kappa shape index (κ3) is 3.90. The molecule has 0 unspecified atom stereocenters. The Bertz CT molecular complexity index is 492. The molecular formula is C9H4Cl2F5NO2. The fourth-order valence-electron chi connectivity index (χ4n) is 1.27. The summed E-state index contributed by atoms with van der Waals surface area (Å²) in [4.78, 5) is 14.2. The standard InChI is InChI=1S/C9H4Cl2F5NO2/c10-1-3-5(6(11)18)4(7(12)13)2-17-8(3)19-9(14,15)16/h2,7H,1H2. The average molecular weight is 324 g/mol. The molecule has 0 fully saturated rings. The Morgan fingerprint density at radius 1 is 1.42 bits per heavy atom. The molecule has 0 atom stereocenters. The highest BCUT2D eigenvalue weighted by Gasteiger charge is 2.35. The number of hydrogen-bond donors (Lipinski definition) is 0. The number of carbonyl (C=O) groups excluding carboxylic acids is 1. The van der Waals surface area contributed by atoms with Crippen LogP contribution in [0.25, 0.3) is 0 Å². The molecule has 0 aromatic carbocycles. The van der Waals surface area contributed by atoms with E-state index in [-0.39, 0.29) is 0 Å². The molecule has 0 radical (unpaired) electrons. The van der Waals surface area contributed by atoms with Crippen molar-refractivity contribution in [3.63, 3.8) is 0 Å². The number of hydrogen-bond acceptors (Lipinski definition) is 3. The van der Waals surface area contributed by atoms with Gasteiger partial charge in [-0.05, 0) is 11.6 Å². The average Bonchev–Trinajstić information content (AvgIpc) is 2.25. The lowest BCUT2D eigenvalue weighted by Crippen LogP contribution is -2.20. The van der Waals surface area contributed by atoms with Gasteiger partial charge in [0.05, 0.1) is 11.4 Å². The highest BCUT2D eigenvalue weighted by atomic mass is 35.5. The van der Waals surface area contributed by atoms with Crippen LogP contribution in [0, 0.1) is 0 Å². The van der Waals surface area contributed by atoms with Gasteiger partial charge >= 0.3 is 6.36 Å². The van der Waals surface area contributed by atoms with Crippen molar-refractivity contribution < 1.29 is 31.5 Å². The van der Waals surface area contributed by atoms with E-state index in [0.29, 0.717) is 6.20 Å². The maximum absolute atomic E-state index is 12.6. The van der Waals surface area contributed by atoms with Crippen molar-refractivity contribution in [3.8, 4) is 5.88 Å². The molecule has 0 aliphatic rings. The first-order valence-corrected chi connectivity index (χ1v) is 5.40. The molecular weight excluding hydrogens is 320 g/mol. The molecule has 19 heavy (non-hydrogen) atoms. The van der Waals surface area contributed by atoms with Gasteiger partial charge in [-0.2, -0.15) is 0 Å². The summed E-state index contributed by atoms with van der Waals surface area (Å²) >= 11 is 10.4. The smallest absolute Gasteiger partial charge is 0.388 e. The fourth-order valence-corrected chi connectivity index (χ4v) is 1.74. The zero-order valence-electron chi connectivity index (χ0n) is 8.77. The first-order valence-electron chi connectivity index (χ1n) is 4.48. The van der Waals surface area contributed by atoms with Gasteiger partial charge in [-0.25, -0.2) is 13.8 Å². The van der Waals surface area contributed by atoms with E-state index >= 15 is 0 Å². The maximum Gasteiger partial charge on any atom is 0.574 e.